The Labute approximate surface area is 403 Å². The van der Waals surface area contributed by atoms with Crippen molar-refractivity contribution < 1.29 is 18.3 Å². The molecule has 7 aromatic heterocycles. The van der Waals surface area contributed by atoms with Gasteiger partial charge in [0.25, 0.3) is 0 Å². The summed E-state index contributed by atoms with van der Waals surface area (Å²) in [6.45, 7) is 12.8. The normalized spacial score (nSPS) is 12.1. The third-order valence-electron chi connectivity index (χ3n) is 13.6. The number of aryl methyl sites for hydroxylation is 4. The van der Waals surface area contributed by atoms with Crippen LogP contribution in [0.5, 0.6) is 0 Å². The van der Waals surface area contributed by atoms with E-state index >= 15 is 0 Å². The molecule has 0 aromatic carbocycles. The number of hydrogen-bond acceptors (Lipinski definition) is 2. The summed E-state index contributed by atoms with van der Waals surface area (Å²) in [7, 11) is 0. The summed E-state index contributed by atoms with van der Waals surface area (Å²) in [5.74, 6) is 0. The molecule has 0 unspecified atom stereocenters. The molecular weight excluding hydrogens is 833 g/mol. The van der Waals surface area contributed by atoms with Gasteiger partial charge in [-0.05, 0) is 98.5 Å². The Hall–Kier alpha value is -6.80. The molecule has 0 fully saturated rings. The monoisotopic (exact) mass is 903 g/mol. The number of fused-ring (bicyclic) bond motifs is 8. The Bertz CT molecular complexity index is 2690. The molecule has 9 rings (SSSR count). The van der Waals surface area contributed by atoms with E-state index in [9.17, 15) is 0 Å². The Kier molecular flexibility index (Phi) is 15.2. The van der Waals surface area contributed by atoms with Crippen LogP contribution < -0.4 is 18.3 Å². The van der Waals surface area contributed by atoms with Crippen LogP contribution >= 0.6 is 0 Å². The number of hydrogen-bond donors (Lipinski definition) is 2. The maximum absolute atomic E-state index is 5.70. The zero-order valence-corrected chi connectivity index (χ0v) is 40.9. The van der Waals surface area contributed by atoms with Crippen molar-refractivity contribution in [1.82, 2.24) is 19.9 Å². The van der Waals surface area contributed by atoms with Crippen molar-refractivity contribution in [3.8, 4) is 45.0 Å². The van der Waals surface area contributed by atoms with Crippen LogP contribution in [0.25, 0.3) is 91.4 Å². The second-order valence-corrected chi connectivity index (χ2v) is 18.4. The van der Waals surface area contributed by atoms with Crippen LogP contribution in [0.2, 0.25) is 0 Å². The van der Waals surface area contributed by atoms with Crippen molar-refractivity contribution in [3.05, 3.63) is 145 Å². The molecule has 0 amide bonds. The quantitative estimate of drug-likeness (QED) is 0.0591. The lowest BCUT2D eigenvalue weighted by molar-refractivity contribution is -0.686. The van der Waals surface area contributed by atoms with Gasteiger partial charge in [0.15, 0.2) is 24.8 Å². The molecule has 9 heterocycles. The highest BCUT2D eigenvalue weighted by atomic mass is 15.0. The first kappa shape index (κ1) is 46.3. The van der Waals surface area contributed by atoms with Crippen LogP contribution in [0.4, 0.5) is 0 Å². The van der Waals surface area contributed by atoms with Gasteiger partial charge in [-0.2, -0.15) is 18.3 Å². The number of nitrogens with zero attached hydrogens (tertiary/aromatic N) is 6. The summed E-state index contributed by atoms with van der Waals surface area (Å²) in [5.41, 5.74) is 16.7. The molecule has 8 heteroatoms. The molecule has 2 aliphatic rings. The minimum absolute atomic E-state index is 0.928. The number of pyridine rings is 4. The van der Waals surface area contributed by atoms with Crippen molar-refractivity contribution >= 4 is 46.4 Å². The molecule has 0 aliphatic carbocycles. The molecule has 68 heavy (non-hydrogen) atoms. The van der Waals surface area contributed by atoms with E-state index in [1.165, 1.54) is 51.4 Å². The Balaban J connectivity index is 1.43. The molecule has 2 aliphatic heterocycles. The summed E-state index contributed by atoms with van der Waals surface area (Å²) >= 11 is 0. The Morgan fingerprint density at radius 3 is 0.809 bits per heavy atom. The van der Waals surface area contributed by atoms with Gasteiger partial charge in [0.05, 0.1) is 67.1 Å². The number of unbranched alkanes of at least 4 members (excludes halogenated alkanes) is 8. The molecule has 346 valence electrons. The molecule has 0 saturated carbocycles. The number of rotatable bonds is 20. The maximum atomic E-state index is 5.70. The maximum Gasteiger partial charge on any atom is 0.216 e. The molecule has 0 saturated heterocycles. The highest BCUT2D eigenvalue weighted by Gasteiger charge is 2.27. The van der Waals surface area contributed by atoms with E-state index in [0.29, 0.717) is 0 Å². The number of H-pyrrole nitrogens is 2. The highest BCUT2D eigenvalue weighted by Crippen LogP contribution is 2.37. The molecule has 8 nitrogen and oxygen atoms in total. The molecular formula is C60H70N8+4. The second-order valence-electron chi connectivity index (χ2n) is 18.4. The predicted molar refractivity (Wildman–Crippen MR) is 279 cm³/mol. The summed E-state index contributed by atoms with van der Waals surface area (Å²) in [5, 5.41) is 0. The lowest BCUT2D eigenvalue weighted by Gasteiger charge is -2.08. The van der Waals surface area contributed by atoms with Crippen LogP contribution in [0.1, 0.15) is 128 Å². The zero-order chi connectivity index (χ0) is 46.7. The molecule has 7 aromatic rings. The minimum atomic E-state index is 0.928. The first-order valence-electron chi connectivity index (χ1n) is 25.7. The van der Waals surface area contributed by atoms with Crippen molar-refractivity contribution in [2.24, 2.45) is 0 Å². The first-order chi connectivity index (χ1) is 33.6. The smallest absolute Gasteiger partial charge is 0.216 e. The fourth-order valence-corrected chi connectivity index (χ4v) is 10.0. The van der Waals surface area contributed by atoms with Crippen molar-refractivity contribution in [3.63, 3.8) is 0 Å². The third-order valence-corrected chi connectivity index (χ3v) is 13.6. The highest BCUT2D eigenvalue weighted by molar-refractivity contribution is 5.97. The SMILES string of the molecule is CCCCC[n+]1ccccc1-c1c2nc(c(-c3cccc[n+]3CCCCC)c3ccc([nH]3)c(-c3cccc[n+]3CCCCC)c3nc(c(-c4cccc[n+]4CCCCC)c4ccc1[nH]4)C=C3)C=C2. The van der Waals surface area contributed by atoms with Gasteiger partial charge in [-0.1, -0.05) is 53.4 Å². The lowest BCUT2D eigenvalue weighted by atomic mass is 10.1. The van der Waals surface area contributed by atoms with Gasteiger partial charge in [-0.15, -0.1) is 0 Å². The molecule has 0 atom stereocenters. The zero-order valence-electron chi connectivity index (χ0n) is 40.9. The lowest BCUT2D eigenvalue weighted by Crippen LogP contribution is -2.36. The summed E-state index contributed by atoms with van der Waals surface area (Å²) in [6, 6.07) is 35.4. The van der Waals surface area contributed by atoms with Gasteiger partial charge in [-0.3, -0.25) is 0 Å². The van der Waals surface area contributed by atoms with E-state index in [1.807, 2.05) is 0 Å². The average molecular weight is 903 g/mol. The van der Waals surface area contributed by atoms with E-state index in [0.717, 1.165) is 142 Å². The van der Waals surface area contributed by atoms with E-state index in [-0.39, 0.29) is 0 Å². The molecule has 8 bridgehead atoms. The summed E-state index contributed by atoms with van der Waals surface area (Å²) in [4.78, 5) is 19.5. The van der Waals surface area contributed by atoms with Crippen LogP contribution in [-0.4, -0.2) is 19.9 Å². The summed E-state index contributed by atoms with van der Waals surface area (Å²) in [6.07, 6.45) is 31.7. The van der Waals surface area contributed by atoms with Crippen LogP contribution in [-0.2, 0) is 26.2 Å². The predicted octanol–water partition coefficient (Wildman–Crippen LogP) is 13.2. The standard InChI is InChI=1S/C60H69N8/c1-5-9-17-37-65-41-21-13-25-53(65)57-45-29-31-47(61-45)58(54-26-14-22-42-66(54)38-18-10-6-2)49-33-35-51(63-49)60(56-28-16-24-44-68(56)40-20-12-8-4)52-36-34-50(64-52)59(48-32-30-46(57)62-48)55-27-15-23-43-67(55)39-19-11-7-3/h13-16,21-36,41-44H,5-12,17-20,37-40H2,1-4H3,(H,61,62,63,64)/q+3/p+1. The molecule has 0 radical (unpaired) electrons. The third kappa shape index (κ3) is 10.1. The molecule has 2 N–H and O–H groups in total. The average Bonchev–Trinajstić information content (AvgIpc) is 4.22. The summed E-state index contributed by atoms with van der Waals surface area (Å²) < 4.78 is 9.68. The van der Waals surface area contributed by atoms with Gasteiger partial charge in [0, 0.05) is 74.2 Å². The van der Waals surface area contributed by atoms with Gasteiger partial charge in [0.2, 0.25) is 22.8 Å². The van der Waals surface area contributed by atoms with Crippen molar-refractivity contribution in [1.29, 1.82) is 0 Å². The fourth-order valence-electron chi connectivity index (χ4n) is 10.0. The van der Waals surface area contributed by atoms with Crippen molar-refractivity contribution in [2.75, 3.05) is 0 Å². The largest absolute Gasteiger partial charge is 0.354 e. The molecule has 0 spiro atoms. The van der Waals surface area contributed by atoms with E-state index < -0.39 is 0 Å². The Morgan fingerprint density at radius 2 is 0.574 bits per heavy atom. The first-order valence-corrected chi connectivity index (χ1v) is 25.7. The van der Waals surface area contributed by atoms with Gasteiger partial charge in [-0.25, -0.2) is 9.97 Å². The number of aromatic amines is 2. The second kappa shape index (κ2) is 22.3. The van der Waals surface area contributed by atoms with Gasteiger partial charge in [0.1, 0.15) is 26.2 Å². The van der Waals surface area contributed by atoms with E-state index in [2.05, 4.69) is 202 Å². The van der Waals surface area contributed by atoms with Crippen LogP contribution in [0.15, 0.2) is 122 Å². The Morgan fingerprint density at radius 1 is 0.324 bits per heavy atom. The van der Waals surface area contributed by atoms with Crippen LogP contribution in [0.3, 0.4) is 0 Å². The van der Waals surface area contributed by atoms with E-state index in [1.54, 1.807) is 0 Å². The van der Waals surface area contributed by atoms with Gasteiger partial charge < -0.3 is 9.97 Å². The fraction of sp³-hybridized carbons (Fsp3) is 0.333. The van der Waals surface area contributed by atoms with E-state index in [4.69, 9.17) is 9.97 Å². The number of aromatic nitrogens is 8. The topological polar surface area (TPSA) is 72.9 Å². The minimum Gasteiger partial charge on any atom is -0.354 e. The number of nitrogens with one attached hydrogen (secondary N) is 2. The van der Waals surface area contributed by atoms with Crippen molar-refractivity contribution in [2.45, 2.75) is 131 Å². The van der Waals surface area contributed by atoms with Crippen LogP contribution in [0, 0.1) is 0 Å². The van der Waals surface area contributed by atoms with Gasteiger partial charge >= 0.3 is 0 Å².